The number of hydrazone groups is 1. The monoisotopic (exact) mass is 286 g/mol. The first-order chi connectivity index (χ1) is 9.97. The maximum absolute atomic E-state index is 10.9. The minimum absolute atomic E-state index is 0.223. The van der Waals surface area contributed by atoms with Crippen LogP contribution in [0.2, 0.25) is 0 Å². The third-order valence-corrected chi connectivity index (χ3v) is 3.01. The average Bonchev–Trinajstić information content (AvgIpc) is 2.95. The Morgan fingerprint density at radius 2 is 2.14 bits per heavy atom. The number of nitrogens with one attached hydrogen (secondary N) is 1. The molecule has 0 amide bonds. The Morgan fingerprint density at radius 3 is 2.76 bits per heavy atom. The second-order valence-electron chi connectivity index (χ2n) is 5.00. The molecule has 2 rings (SSSR count). The van der Waals surface area contributed by atoms with Gasteiger partial charge in [0.25, 0.3) is 0 Å². The topological polar surface area (TPSA) is 79.5 Å². The number of benzene rings is 1. The van der Waals surface area contributed by atoms with Crippen LogP contribution in [-0.4, -0.2) is 26.6 Å². The largest absolute Gasteiger partial charge is 0.478 e. The Bertz CT molecular complexity index is 674. The number of aromatic carboxylic acids is 1. The zero-order valence-corrected chi connectivity index (χ0v) is 12.2. The minimum atomic E-state index is -0.961. The van der Waals surface area contributed by atoms with Crippen molar-refractivity contribution in [1.29, 1.82) is 0 Å². The van der Waals surface area contributed by atoms with Crippen LogP contribution in [0.4, 0.5) is 5.69 Å². The summed E-state index contributed by atoms with van der Waals surface area (Å²) in [4.78, 5) is 10.9. The first-order valence-electron chi connectivity index (χ1n) is 6.65. The van der Waals surface area contributed by atoms with E-state index >= 15 is 0 Å². The number of carbonyl (C=O) groups is 1. The van der Waals surface area contributed by atoms with Crippen LogP contribution in [0.3, 0.4) is 0 Å². The van der Waals surface area contributed by atoms with Gasteiger partial charge in [0.15, 0.2) is 0 Å². The zero-order valence-electron chi connectivity index (χ0n) is 12.2. The van der Waals surface area contributed by atoms with Crippen LogP contribution >= 0.6 is 0 Å². The number of nitrogens with zero attached hydrogens (tertiary/aromatic N) is 3. The Balaban J connectivity index is 2.12. The third-order valence-electron chi connectivity index (χ3n) is 3.01. The van der Waals surface area contributed by atoms with Crippen LogP contribution in [0.5, 0.6) is 0 Å². The molecule has 2 aromatic rings. The molecule has 0 aliphatic carbocycles. The fraction of sp³-hybridized carbons (Fsp3) is 0.267. The number of rotatable bonds is 5. The second-order valence-corrected chi connectivity index (χ2v) is 5.00. The quantitative estimate of drug-likeness (QED) is 0.654. The zero-order chi connectivity index (χ0) is 15.4. The van der Waals surface area contributed by atoms with Crippen molar-refractivity contribution >= 4 is 17.4 Å². The molecular weight excluding hydrogens is 268 g/mol. The molecule has 0 saturated carbocycles. The highest BCUT2D eigenvalue weighted by atomic mass is 16.4. The Hall–Kier alpha value is -2.63. The van der Waals surface area contributed by atoms with E-state index in [0.29, 0.717) is 11.7 Å². The molecule has 0 aliphatic heterocycles. The van der Waals surface area contributed by atoms with E-state index in [2.05, 4.69) is 29.5 Å². The number of hydrogen-bond donors (Lipinski definition) is 2. The van der Waals surface area contributed by atoms with Gasteiger partial charge in [-0.3, -0.25) is 10.1 Å². The van der Waals surface area contributed by atoms with Crippen molar-refractivity contribution in [3.05, 3.63) is 47.8 Å². The highest BCUT2D eigenvalue weighted by Crippen LogP contribution is 2.12. The summed E-state index contributed by atoms with van der Waals surface area (Å²) in [5, 5.41) is 17.5. The SMILES string of the molecule is C/C(=N\Nc1cccc(C(=O)O)c1)c1cnn(C(C)C)c1. The molecule has 0 fully saturated rings. The molecule has 6 heteroatoms. The predicted octanol–water partition coefficient (Wildman–Crippen LogP) is 3.00. The normalized spacial score (nSPS) is 11.7. The highest BCUT2D eigenvalue weighted by Gasteiger charge is 2.05. The van der Waals surface area contributed by atoms with E-state index in [1.54, 1.807) is 18.3 Å². The van der Waals surface area contributed by atoms with Crippen molar-refractivity contribution in [3.8, 4) is 0 Å². The molecule has 1 aromatic carbocycles. The van der Waals surface area contributed by atoms with Crippen molar-refractivity contribution < 1.29 is 9.90 Å². The lowest BCUT2D eigenvalue weighted by atomic mass is 10.2. The number of anilines is 1. The van der Waals surface area contributed by atoms with Crippen molar-refractivity contribution in [2.45, 2.75) is 26.8 Å². The molecule has 0 radical (unpaired) electrons. The number of aromatic nitrogens is 2. The van der Waals surface area contributed by atoms with Gasteiger partial charge in [0.1, 0.15) is 0 Å². The standard InChI is InChI=1S/C15H18N4O2/c1-10(2)19-9-13(8-16-19)11(3)17-18-14-6-4-5-12(7-14)15(20)21/h4-10,18H,1-3H3,(H,20,21)/b17-11+. The van der Waals surface area contributed by atoms with E-state index in [4.69, 9.17) is 5.11 Å². The van der Waals surface area contributed by atoms with Crippen LogP contribution in [0.1, 0.15) is 42.7 Å². The summed E-state index contributed by atoms with van der Waals surface area (Å²) in [5.74, 6) is -0.961. The molecule has 0 atom stereocenters. The van der Waals surface area contributed by atoms with E-state index in [1.165, 1.54) is 12.1 Å². The summed E-state index contributed by atoms with van der Waals surface area (Å²) in [6.45, 7) is 5.98. The summed E-state index contributed by atoms with van der Waals surface area (Å²) in [5.41, 5.74) is 5.42. The van der Waals surface area contributed by atoms with Crippen LogP contribution in [0.15, 0.2) is 41.8 Å². The number of hydrogen-bond acceptors (Lipinski definition) is 4. The van der Waals surface area contributed by atoms with Crippen LogP contribution in [0.25, 0.3) is 0 Å². The van der Waals surface area contributed by atoms with Gasteiger partial charge in [-0.1, -0.05) is 6.07 Å². The van der Waals surface area contributed by atoms with Crippen molar-refractivity contribution in [2.24, 2.45) is 5.10 Å². The highest BCUT2D eigenvalue weighted by molar-refractivity contribution is 5.98. The molecule has 0 saturated heterocycles. The fourth-order valence-electron chi connectivity index (χ4n) is 1.74. The predicted molar refractivity (Wildman–Crippen MR) is 81.8 cm³/mol. The van der Waals surface area contributed by atoms with E-state index in [-0.39, 0.29) is 5.56 Å². The third kappa shape index (κ3) is 3.68. The lowest BCUT2D eigenvalue weighted by molar-refractivity contribution is 0.0697. The summed E-state index contributed by atoms with van der Waals surface area (Å²) in [7, 11) is 0. The molecule has 21 heavy (non-hydrogen) atoms. The van der Waals surface area contributed by atoms with Crippen molar-refractivity contribution in [2.75, 3.05) is 5.43 Å². The van der Waals surface area contributed by atoms with Crippen LogP contribution in [-0.2, 0) is 0 Å². The lowest BCUT2D eigenvalue weighted by Crippen LogP contribution is -2.02. The summed E-state index contributed by atoms with van der Waals surface area (Å²) < 4.78 is 1.86. The van der Waals surface area contributed by atoms with Crippen LogP contribution < -0.4 is 5.43 Å². The van der Waals surface area contributed by atoms with Gasteiger partial charge in [0.05, 0.1) is 23.2 Å². The lowest BCUT2D eigenvalue weighted by Gasteiger charge is -2.04. The molecule has 0 aliphatic rings. The van der Waals surface area contributed by atoms with E-state index < -0.39 is 5.97 Å². The van der Waals surface area contributed by atoms with Gasteiger partial charge in [-0.25, -0.2) is 4.79 Å². The molecule has 1 aromatic heterocycles. The Morgan fingerprint density at radius 1 is 1.38 bits per heavy atom. The second kappa shape index (κ2) is 6.21. The first-order valence-corrected chi connectivity index (χ1v) is 6.65. The van der Waals surface area contributed by atoms with Gasteiger partial charge in [-0.15, -0.1) is 0 Å². The van der Waals surface area contributed by atoms with Gasteiger partial charge < -0.3 is 5.11 Å². The molecular formula is C15H18N4O2. The summed E-state index contributed by atoms with van der Waals surface area (Å²) >= 11 is 0. The first kappa shape index (κ1) is 14.8. The smallest absolute Gasteiger partial charge is 0.335 e. The Labute approximate surface area is 123 Å². The number of carboxylic acids is 1. The maximum Gasteiger partial charge on any atom is 0.335 e. The average molecular weight is 286 g/mol. The minimum Gasteiger partial charge on any atom is -0.478 e. The molecule has 1 heterocycles. The van der Waals surface area contributed by atoms with Gasteiger partial charge in [-0.2, -0.15) is 10.2 Å². The Kier molecular flexibility index (Phi) is 4.37. The molecule has 0 spiro atoms. The van der Waals surface area contributed by atoms with E-state index in [1.807, 2.05) is 17.8 Å². The fourth-order valence-corrected chi connectivity index (χ4v) is 1.74. The molecule has 110 valence electrons. The van der Waals surface area contributed by atoms with E-state index in [0.717, 1.165) is 11.3 Å². The van der Waals surface area contributed by atoms with Gasteiger partial charge >= 0.3 is 5.97 Å². The van der Waals surface area contributed by atoms with Crippen molar-refractivity contribution in [1.82, 2.24) is 9.78 Å². The molecule has 0 bridgehead atoms. The van der Waals surface area contributed by atoms with Crippen LogP contribution in [0, 0.1) is 0 Å². The molecule has 0 unspecified atom stereocenters. The summed E-state index contributed by atoms with van der Waals surface area (Å²) in [6.07, 6.45) is 3.69. The molecule has 2 N–H and O–H groups in total. The van der Waals surface area contributed by atoms with Crippen molar-refractivity contribution in [3.63, 3.8) is 0 Å². The number of carboxylic acid groups (broad SMARTS) is 1. The molecule has 6 nitrogen and oxygen atoms in total. The maximum atomic E-state index is 10.9. The van der Waals surface area contributed by atoms with E-state index in [9.17, 15) is 4.79 Å². The summed E-state index contributed by atoms with van der Waals surface area (Å²) in [6, 6.07) is 6.81. The van der Waals surface area contributed by atoms with Gasteiger partial charge in [-0.05, 0) is 39.0 Å². The van der Waals surface area contributed by atoms with Gasteiger partial charge in [0.2, 0.25) is 0 Å². The van der Waals surface area contributed by atoms with Gasteiger partial charge in [0, 0.05) is 17.8 Å².